The number of ketones is 1. The first kappa shape index (κ1) is 13.9. The number of Topliss-reactive ketones (excluding diaryl/α,β-unsaturated/α-hetero) is 1. The highest BCUT2D eigenvalue weighted by Crippen LogP contribution is 2.23. The Bertz CT molecular complexity index is 792. The monoisotopic (exact) mass is 286 g/mol. The molecule has 2 rings (SSSR count). The van der Waals surface area contributed by atoms with Crippen molar-refractivity contribution < 1.29 is 18.0 Å². The third-order valence-corrected chi connectivity index (χ3v) is 4.50. The van der Waals surface area contributed by atoms with Gasteiger partial charge >= 0.3 is 6.21 Å². The molecule has 0 radical (unpaired) electrons. The van der Waals surface area contributed by atoms with Crippen LogP contribution in [0.25, 0.3) is 5.53 Å². The van der Waals surface area contributed by atoms with Gasteiger partial charge < -0.3 is 5.53 Å². The van der Waals surface area contributed by atoms with Gasteiger partial charge in [0.25, 0.3) is 5.78 Å². The lowest BCUT2D eigenvalue weighted by atomic mass is 10.1. The Labute approximate surface area is 116 Å². The summed E-state index contributed by atoms with van der Waals surface area (Å²) in [6, 6.07) is 13.6. The van der Waals surface area contributed by atoms with E-state index in [1.54, 1.807) is 24.3 Å². The van der Waals surface area contributed by atoms with Gasteiger partial charge in [0.2, 0.25) is 9.84 Å². The molecule has 0 amide bonds. The average molecular weight is 286 g/mol. The molecule has 0 heterocycles. The first-order chi connectivity index (χ1) is 9.57. The molecule has 0 aliphatic rings. The largest absolute Gasteiger partial charge is 0.361 e. The molecule has 0 aliphatic heterocycles. The molecule has 5 nitrogen and oxygen atoms in total. The van der Waals surface area contributed by atoms with E-state index in [2.05, 4.69) is 4.79 Å². The molecular formula is C14H10N2O3S. The predicted octanol–water partition coefficient (Wildman–Crippen LogP) is 2.00. The molecule has 0 bridgehead atoms. The van der Waals surface area contributed by atoms with Crippen molar-refractivity contribution in [2.24, 2.45) is 0 Å². The number of carbonyl (C=O) groups excluding carboxylic acids is 1. The summed E-state index contributed by atoms with van der Waals surface area (Å²) in [5, 5.41) is 0. The van der Waals surface area contributed by atoms with Crippen molar-refractivity contribution in [3.8, 4) is 0 Å². The third-order valence-electron chi connectivity index (χ3n) is 2.67. The van der Waals surface area contributed by atoms with Gasteiger partial charge in [0.1, 0.15) is 0 Å². The van der Waals surface area contributed by atoms with Gasteiger partial charge in [0, 0.05) is 5.56 Å². The van der Waals surface area contributed by atoms with E-state index >= 15 is 0 Å². The van der Waals surface area contributed by atoms with Gasteiger partial charge in [-0.15, -0.1) is 0 Å². The highest BCUT2D eigenvalue weighted by Gasteiger charge is 2.24. The van der Waals surface area contributed by atoms with E-state index in [0.717, 1.165) is 0 Å². The molecule has 0 saturated carbocycles. The van der Waals surface area contributed by atoms with Gasteiger partial charge in [-0.1, -0.05) is 30.3 Å². The van der Waals surface area contributed by atoms with Gasteiger partial charge in [0.15, 0.2) is 0 Å². The van der Waals surface area contributed by atoms with Crippen LogP contribution in [0.4, 0.5) is 0 Å². The predicted molar refractivity (Wildman–Crippen MR) is 72.3 cm³/mol. The fourth-order valence-corrected chi connectivity index (χ4v) is 3.24. The molecular weight excluding hydrogens is 276 g/mol. The van der Waals surface area contributed by atoms with Gasteiger partial charge in [-0.2, -0.15) is 4.79 Å². The van der Waals surface area contributed by atoms with Crippen molar-refractivity contribution in [2.75, 3.05) is 0 Å². The molecule has 0 fully saturated rings. The van der Waals surface area contributed by atoms with Crippen molar-refractivity contribution in [1.29, 1.82) is 0 Å². The highest BCUT2D eigenvalue weighted by atomic mass is 32.2. The Balaban J connectivity index is 2.65. The smallest absolute Gasteiger partial charge is 0.328 e. The molecule has 0 unspecified atom stereocenters. The number of rotatable bonds is 4. The van der Waals surface area contributed by atoms with E-state index in [-0.39, 0.29) is 15.4 Å². The van der Waals surface area contributed by atoms with Crippen LogP contribution in [0.5, 0.6) is 0 Å². The van der Waals surface area contributed by atoms with Crippen LogP contribution in [0.1, 0.15) is 10.4 Å². The SMILES string of the molecule is [N-]=[N+]=CC(=O)c1ccccc1S(=O)(=O)c1ccccc1. The lowest BCUT2D eigenvalue weighted by molar-refractivity contribution is 0.00232. The minimum atomic E-state index is -3.80. The van der Waals surface area contributed by atoms with E-state index in [1.807, 2.05) is 0 Å². The quantitative estimate of drug-likeness (QED) is 0.373. The second kappa shape index (κ2) is 5.61. The van der Waals surface area contributed by atoms with Gasteiger partial charge in [0.05, 0.1) is 9.79 Å². The zero-order valence-electron chi connectivity index (χ0n) is 10.3. The Morgan fingerprint density at radius 1 is 1.00 bits per heavy atom. The maximum atomic E-state index is 12.5. The number of nitrogens with zero attached hydrogens (tertiary/aromatic N) is 2. The van der Waals surface area contributed by atoms with Crippen LogP contribution < -0.4 is 0 Å². The summed E-state index contributed by atoms with van der Waals surface area (Å²) < 4.78 is 25.0. The van der Waals surface area contributed by atoms with Crippen LogP contribution in [-0.4, -0.2) is 25.2 Å². The van der Waals surface area contributed by atoms with Crippen molar-refractivity contribution in [3.05, 3.63) is 65.7 Å². The second-order valence-electron chi connectivity index (χ2n) is 3.92. The van der Waals surface area contributed by atoms with E-state index < -0.39 is 15.6 Å². The number of carbonyl (C=O) groups is 1. The molecule has 0 spiro atoms. The van der Waals surface area contributed by atoms with Crippen LogP contribution >= 0.6 is 0 Å². The summed E-state index contributed by atoms with van der Waals surface area (Å²) in [5.74, 6) is -0.678. The third kappa shape index (κ3) is 2.56. The Morgan fingerprint density at radius 2 is 1.60 bits per heavy atom. The average Bonchev–Trinajstić information content (AvgIpc) is 2.48. The molecule has 20 heavy (non-hydrogen) atoms. The van der Waals surface area contributed by atoms with Crippen molar-refractivity contribution in [1.82, 2.24) is 0 Å². The lowest BCUT2D eigenvalue weighted by Crippen LogP contribution is -2.11. The molecule has 100 valence electrons. The standard InChI is InChI=1S/C14H10N2O3S/c15-16-10-13(17)12-8-4-5-9-14(12)20(18,19)11-6-2-1-3-7-11/h1-10H. The zero-order valence-corrected chi connectivity index (χ0v) is 11.1. The zero-order chi connectivity index (χ0) is 14.6. The molecule has 6 heteroatoms. The summed E-state index contributed by atoms with van der Waals surface area (Å²) >= 11 is 0. The van der Waals surface area contributed by atoms with E-state index in [9.17, 15) is 13.2 Å². The summed E-state index contributed by atoms with van der Waals surface area (Å²) in [5.41, 5.74) is 8.37. The Morgan fingerprint density at radius 3 is 2.25 bits per heavy atom. The van der Waals surface area contributed by atoms with E-state index in [1.165, 1.54) is 30.3 Å². The van der Waals surface area contributed by atoms with Crippen LogP contribution in [0.2, 0.25) is 0 Å². The molecule has 2 aromatic rings. The first-order valence-electron chi connectivity index (χ1n) is 5.68. The van der Waals surface area contributed by atoms with Crippen LogP contribution in [0, 0.1) is 0 Å². The molecule has 2 aromatic carbocycles. The number of benzene rings is 2. The lowest BCUT2D eigenvalue weighted by Gasteiger charge is -2.07. The van der Waals surface area contributed by atoms with Crippen molar-refractivity contribution >= 4 is 21.8 Å². The van der Waals surface area contributed by atoms with Gasteiger partial charge in [-0.25, -0.2) is 8.42 Å². The van der Waals surface area contributed by atoms with Gasteiger partial charge in [-0.3, -0.25) is 4.79 Å². The maximum Gasteiger partial charge on any atom is 0.328 e. The molecule has 0 aliphatic carbocycles. The summed E-state index contributed by atoms with van der Waals surface area (Å²) in [7, 11) is -3.80. The molecule has 0 saturated heterocycles. The van der Waals surface area contributed by atoms with E-state index in [0.29, 0.717) is 6.21 Å². The number of hydrogen-bond acceptors (Lipinski definition) is 3. The van der Waals surface area contributed by atoms with Crippen LogP contribution in [0.3, 0.4) is 0 Å². The normalized spacial score (nSPS) is 10.6. The van der Waals surface area contributed by atoms with Crippen molar-refractivity contribution in [2.45, 2.75) is 9.79 Å². The second-order valence-corrected chi connectivity index (χ2v) is 5.84. The Hall–Kier alpha value is -2.56. The van der Waals surface area contributed by atoms with Gasteiger partial charge in [-0.05, 0) is 24.3 Å². The maximum absolute atomic E-state index is 12.5. The fraction of sp³-hybridized carbons (Fsp3) is 0. The minimum Gasteiger partial charge on any atom is -0.361 e. The highest BCUT2D eigenvalue weighted by molar-refractivity contribution is 7.91. The summed E-state index contributed by atoms with van der Waals surface area (Å²) in [6.07, 6.45) is 0.666. The Kier molecular flexibility index (Phi) is 3.89. The summed E-state index contributed by atoms with van der Waals surface area (Å²) in [4.78, 5) is 14.4. The molecule has 0 N–H and O–H groups in total. The fourth-order valence-electron chi connectivity index (χ4n) is 1.75. The molecule has 0 atom stereocenters. The minimum absolute atomic E-state index is 0.0332. The summed E-state index contributed by atoms with van der Waals surface area (Å²) in [6.45, 7) is 0. The number of sulfone groups is 1. The molecule has 0 aromatic heterocycles. The first-order valence-corrected chi connectivity index (χ1v) is 7.16. The van der Waals surface area contributed by atoms with Crippen LogP contribution in [0.15, 0.2) is 64.4 Å². The van der Waals surface area contributed by atoms with E-state index in [4.69, 9.17) is 5.53 Å². The number of hydrogen-bond donors (Lipinski definition) is 0. The topological polar surface area (TPSA) is 87.6 Å². The van der Waals surface area contributed by atoms with Crippen LogP contribution in [-0.2, 0) is 9.84 Å². The van der Waals surface area contributed by atoms with Crippen molar-refractivity contribution in [3.63, 3.8) is 0 Å².